The summed E-state index contributed by atoms with van der Waals surface area (Å²) >= 11 is 5.89. The minimum absolute atomic E-state index is 0.0415. The van der Waals surface area contributed by atoms with E-state index in [9.17, 15) is 4.79 Å². The highest BCUT2D eigenvalue weighted by atomic mass is 35.5. The Balaban J connectivity index is 2.10. The highest BCUT2D eigenvalue weighted by Gasteiger charge is 2.38. The standard InChI is InChI=1S/C13H17ClN2O/c1-2-13(7-4-8-15-13)12(17)16-11-6-3-5-10(14)9-11/h3,5-6,9,15H,2,4,7-8H2,1H3,(H,16,17). The van der Waals surface area contributed by atoms with Crippen LogP contribution in [0.1, 0.15) is 26.2 Å². The fraction of sp³-hybridized carbons (Fsp3) is 0.462. The Hall–Kier alpha value is -1.06. The van der Waals surface area contributed by atoms with E-state index in [1.165, 1.54) is 0 Å². The van der Waals surface area contributed by atoms with E-state index in [-0.39, 0.29) is 5.91 Å². The smallest absolute Gasteiger partial charge is 0.244 e. The topological polar surface area (TPSA) is 41.1 Å². The van der Waals surface area contributed by atoms with E-state index in [0.717, 1.165) is 31.5 Å². The number of hydrogen-bond donors (Lipinski definition) is 2. The van der Waals surface area contributed by atoms with Crippen molar-refractivity contribution in [1.29, 1.82) is 0 Å². The Morgan fingerprint density at radius 1 is 1.59 bits per heavy atom. The quantitative estimate of drug-likeness (QED) is 0.869. The van der Waals surface area contributed by atoms with E-state index in [2.05, 4.69) is 10.6 Å². The summed E-state index contributed by atoms with van der Waals surface area (Å²) in [6, 6.07) is 7.24. The molecular weight excluding hydrogens is 236 g/mol. The second kappa shape index (κ2) is 5.07. The van der Waals surface area contributed by atoms with Crippen LogP contribution in [0.5, 0.6) is 0 Å². The lowest BCUT2D eigenvalue weighted by molar-refractivity contribution is -0.122. The zero-order valence-corrected chi connectivity index (χ0v) is 10.7. The lowest BCUT2D eigenvalue weighted by Crippen LogP contribution is -2.50. The van der Waals surface area contributed by atoms with Crippen LogP contribution in [0.25, 0.3) is 0 Å². The van der Waals surface area contributed by atoms with Crippen LogP contribution in [0.3, 0.4) is 0 Å². The molecule has 1 fully saturated rings. The van der Waals surface area contributed by atoms with E-state index in [4.69, 9.17) is 11.6 Å². The van der Waals surface area contributed by atoms with Crippen molar-refractivity contribution in [3.8, 4) is 0 Å². The third kappa shape index (κ3) is 2.61. The van der Waals surface area contributed by atoms with E-state index in [1.807, 2.05) is 19.1 Å². The van der Waals surface area contributed by atoms with Crippen LogP contribution in [0.2, 0.25) is 5.02 Å². The molecule has 1 saturated heterocycles. The number of anilines is 1. The number of amides is 1. The lowest BCUT2D eigenvalue weighted by Gasteiger charge is -2.26. The van der Waals surface area contributed by atoms with E-state index >= 15 is 0 Å². The molecule has 92 valence electrons. The van der Waals surface area contributed by atoms with Crippen LogP contribution >= 0.6 is 11.6 Å². The first-order valence-corrected chi connectivity index (χ1v) is 6.36. The molecule has 17 heavy (non-hydrogen) atoms. The monoisotopic (exact) mass is 252 g/mol. The van der Waals surface area contributed by atoms with Crippen molar-refractivity contribution in [1.82, 2.24) is 5.32 Å². The van der Waals surface area contributed by atoms with Gasteiger partial charge < -0.3 is 10.6 Å². The molecule has 2 N–H and O–H groups in total. The van der Waals surface area contributed by atoms with Crippen LogP contribution in [0.4, 0.5) is 5.69 Å². The largest absolute Gasteiger partial charge is 0.324 e. The number of rotatable bonds is 3. The van der Waals surface area contributed by atoms with Gasteiger partial charge >= 0.3 is 0 Å². The molecule has 0 aliphatic carbocycles. The molecule has 1 heterocycles. The lowest BCUT2D eigenvalue weighted by atomic mass is 9.93. The van der Waals surface area contributed by atoms with Crippen molar-refractivity contribution in [2.45, 2.75) is 31.7 Å². The Kier molecular flexibility index (Phi) is 3.69. The summed E-state index contributed by atoms with van der Waals surface area (Å²) in [5, 5.41) is 6.87. The van der Waals surface area contributed by atoms with E-state index in [1.54, 1.807) is 12.1 Å². The summed E-state index contributed by atoms with van der Waals surface area (Å²) in [5.74, 6) is 0.0415. The average Bonchev–Trinajstić information content (AvgIpc) is 2.78. The number of carbonyl (C=O) groups excluding carboxylic acids is 1. The average molecular weight is 253 g/mol. The zero-order valence-electron chi connectivity index (χ0n) is 9.92. The van der Waals surface area contributed by atoms with Crippen LogP contribution < -0.4 is 10.6 Å². The maximum Gasteiger partial charge on any atom is 0.244 e. The predicted molar refractivity (Wildman–Crippen MR) is 70.3 cm³/mol. The minimum atomic E-state index is -0.400. The van der Waals surface area contributed by atoms with Crippen molar-refractivity contribution >= 4 is 23.2 Å². The molecule has 0 bridgehead atoms. The molecule has 1 atom stereocenters. The highest BCUT2D eigenvalue weighted by Crippen LogP contribution is 2.25. The SMILES string of the molecule is CCC1(C(=O)Nc2cccc(Cl)c2)CCCN1. The molecule has 0 saturated carbocycles. The molecule has 0 radical (unpaired) electrons. The Bertz CT molecular complexity index is 414. The Morgan fingerprint density at radius 3 is 3.00 bits per heavy atom. The molecule has 4 heteroatoms. The molecule has 3 nitrogen and oxygen atoms in total. The summed E-state index contributed by atoms with van der Waals surface area (Å²) in [4.78, 5) is 12.3. The molecule has 1 aliphatic rings. The zero-order chi connectivity index (χ0) is 12.3. The second-order valence-electron chi connectivity index (χ2n) is 4.43. The summed E-state index contributed by atoms with van der Waals surface area (Å²) in [7, 11) is 0. The van der Waals surface area contributed by atoms with Crippen molar-refractivity contribution in [3.63, 3.8) is 0 Å². The summed E-state index contributed by atoms with van der Waals surface area (Å²) in [6.45, 7) is 2.95. The maximum absolute atomic E-state index is 12.3. The van der Waals surface area contributed by atoms with Gasteiger partial charge in [0.2, 0.25) is 5.91 Å². The van der Waals surface area contributed by atoms with Gasteiger partial charge in [0.25, 0.3) is 0 Å². The van der Waals surface area contributed by atoms with Gasteiger partial charge in [-0.3, -0.25) is 4.79 Å². The molecule has 2 rings (SSSR count). The molecule has 1 unspecified atom stereocenters. The number of halogens is 1. The highest BCUT2D eigenvalue weighted by molar-refractivity contribution is 6.30. The second-order valence-corrected chi connectivity index (χ2v) is 4.87. The number of benzene rings is 1. The van der Waals surface area contributed by atoms with Gasteiger partial charge in [-0.15, -0.1) is 0 Å². The molecular formula is C13H17ClN2O. The van der Waals surface area contributed by atoms with Gasteiger partial charge in [-0.05, 0) is 44.0 Å². The van der Waals surface area contributed by atoms with Crippen LogP contribution in [0, 0.1) is 0 Å². The fourth-order valence-corrected chi connectivity index (χ4v) is 2.47. The van der Waals surface area contributed by atoms with Crippen LogP contribution in [-0.2, 0) is 4.79 Å². The van der Waals surface area contributed by atoms with Gasteiger partial charge in [0.1, 0.15) is 0 Å². The normalized spacial score (nSPS) is 23.6. The molecule has 0 aromatic heterocycles. The van der Waals surface area contributed by atoms with Gasteiger partial charge in [0, 0.05) is 10.7 Å². The fourth-order valence-electron chi connectivity index (χ4n) is 2.28. The molecule has 1 aromatic carbocycles. The first-order valence-electron chi connectivity index (χ1n) is 5.98. The van der Waals surface area contributed by atoms with E-state index in [0.29, 0.717) is 5.02 Å². The number of hydrogen-bond acceptors (Lipinski definition) is 2. The van der Waals surface area contributed by atoms with Crippen LogP contribution in [-0.4, -0.2) is 18.0 Å². The number of carbonyl (C=O) groups is 1. The van der Waals surface area contributed by atoms with Crippen molar-refractivity contribution < 1.29 is 4.79 Å². The van der Waals surface area contributed by atoms with E-state index < -0.39 is 5.54 Å². The maximum atomic E-state index is 12.3. The van der Waals surface area contributed by atoms with Crippen molar-refractivity contribution in [2.75, 3.05) is 11.9 Å². The molecule has 1 amide bonds. The first kappa shape index (κ1) is 12.4. The summed E-state index contributed by atoms with van der Waals surface area (Å²) < 4.78 is 0. The molecule has 1 aliphatic heterocycles. The van der Waals surface area contributed by atoms with Gasteiger partial charge in [-0.1, -0.05) is 24.6 Å². The van der Waals surface area contributed by atoms with Crippen molar-refractivity contribution in [3.05, 3.63) is 29.3 Å². The van der Waals surface area contributed by atoms with Crippen molar-refractivity contribution in [2.24, 2.45) is 0 Å². The van der Waals surface area contributed by atoms with Gasteiger partial charge in [-0.2, -0.15) is 0 Å². The summed E-state index contributed by atoms with van der Waals surface area (Å²) in [5.41, 5.74) is 0.353. The van der Waals surface area contributed by atoms with Gasteiger partial charge in [0.05, 0.1) is 5.54 Å². The Labute approximate surface area is 107 Å². The third-order valence-corrected chi connectivity index (χ3v) is 3.60. The van der Waals surface area contributed by atoms with Crippen LogP contribution in [0.15, 0.2) is 24.3 Å². The molecule has 0 spiro atoms. The minimum Gasteiger partial charge on any atom is -0.324 e. The summed E-state index contributed by atoms with van der Waals surface area (Å²) in [6.07, 6.45) is 2.76. The first-order chi connectivity index (χ1) is 8.16. The molecule has 1 aromatic rings. The van der Waals surface area contributed by atoms with Gasteiger partial charge in [-0.25, -0.2) is 0 Å². The van der Waals surface area contributed by atoms with Gasteiger partial charge in [0.15, 0.2) is 0 Å². The third-order valence-electron chi connectivity index (χ3n) is 3.36. The number of nitrogens with one attached hydrogen (secondary N) is 2. The predicted octanol–water partition coefficient (Wildman–Crippen LogP) is 2.81. The Morgan fingerprint density at radius 2 is 2.41 bits per heavy atom.